The Balaban J connectivity index is 1.58. The molecule has 28 heavy (non-hydrogen) atoms. The topological polar surface area (TPSA) is 50.4 Å². The van der Waals surface area contributed by atoms with Crippen LogP contribution in [0, 0.1) is 13.8 Å². The summed E-state index contributed by atoms with van der Waals surface area (Å²) < 4.78 is 7.48. The molecule has 0 atom stereocenters. The van der Waals surface area contributed by atoms with E-state index >= 15 is 0 Å². The molecule has 7 heteroatoms. The number of anilines is 1. The standard InChI is InChI=1S/C21H18Br2N2O2S/c1-12-3-6-16(9-13(12)2)24-21(28)25-19(26)11-27-18-8-4-14-10-15(22)5-7-17(14)20(18)23/h3-10H,11H2,1-2H3,(H2,24,25,26,28). The van der Waals surface area contributed by atoms with Gasteiger partial charge in [0.05, 0.1) is 4.47 Å². The van der Waals surface area contributed by atoms with Gasteiger partial charge in [-0.2, -0.15) is 0 Å². The van der Waals surface area contributed by atoms with Gasteiger partial charge in [0, 0.05) is 10.2 Å². The summed E-state index contributed by atoms with van der Waals surface area (Å²) in [5.74, 6) is 0.266. The van der Waals surface area contributed by atoms with E-state index in [4.69, 9.17) is 17.0 Å². The molecule has 0 spiro atoms. The summed E-state index contributed by atoms with van der Waals surface area (Å²) in [5.41, 5.74) is 3.18. The minimum atomic E-state index is -0.330. The number of thiocarbonyl (C=S) groups is 1. The second-order valence-electron chi connectivity index (χ2n) is 6.33. The quantitative estimate of drug-likeness (QED) is 0.421. The second-order valence-corrected chi connectivity index (χ2v) is 8.45. The van der Waals surface area contributed by atoms with Crippen LogP contribution >= 0.6 is 44.1 Å². The highest BCUT2D eigenvalue weighted by atomic mass is 79.9. The molecule has 0 heterocycles. The zero-order chi connectivity index (χ0) is 20.3. The maximum Gasteiger partial charge on any atom is 0.264 e. The maximum atomic E-state index is 12.2. The molecule has 0 unspecified atom stereocenters. The van der Waals surface area contributed by atoms with Gasteiger partial charge in [0.1, 0.15) is 5.75 Å². The number of hydrogen-bond donors (Lipinski definition) is 2. The summed E-state index contributed by atoms with van der Waals surface area (Å²) in [7, 11) is 0. The lowest BCUT2D eigenvalue weighted by Gasteiger charge is -2.13. The van der Waals surface area contributed by atoms with Gasteiger partial charge < -0.3 is 10.1 Å². The third-order valence-electron chi connectivity index (χ3n) is 4.26. The molecule has 0 saturated carbocycles. The molecule has 3 rings (SSSR count). The van der Waals surface area contributed by atoms with Crippen molar-refractivity contribution in [3.05, 3.63) is 68.6 Å². The van der Waals surface area contributed by atoms with E-state index in [0.29, 0.717) is 5.75 Å². The van der Waals surface area contributed by atoms with E-state index in [0.717, 1.165) is 31.0 Å². The highest BCUT2D eigenvalue weighted by Gasteiger charge is 2.10. The molecule has 1 amide bonds. The Labute approximate surface area is 185 Å². The van der Waals surface area contributed by atoms with Crippen LogP contribution < -0.4 is 15.4 Å². The first-order valence-electron chi connectivity index (χ1n) is 8.52. The number of benzene rings is 3. The van der Waals surface area contributed by atoms with Crippen molar-refractivity contribution < 1.29 is 9.53 Å². The molecule has 2 N–H and O–H groups in total. The highest BCUT2D eigenvalue weighted by Crippen LogP contribution is 2.34. The number of halogens is 2. The first-order chi connectivity index (χ1) is 13.3. The third-order valence-corrected chi connectivity index (χ3v) is 5.77. The van der Waals surface area contributed by atoms with Crippen molar-refractivity contribution in [3.63, 3.8) is 0 Å². The predicted molar refractivity (Wildman–Crippen MR) is 125 cm³/mol. The minimum absolute atomic E-state index is 0.143. The Morgan fingerprint density at radius 1 is 1.04 bits per heavy atom. The minimum Gasteiger partial charge on any atom is -0.483 e. The number of fused-ring (bicyclic) bond motifs is 1. The Kier molecular flexibility index (Phi) is 6.69. The first-order valence-corrected chi connectivity index (χ1v) is 10.5. The maximum absolute atomic E-state index is 12.2. The van der Waals surface area contributed by atoms with Crippen molar-refractivity contribution in [2.24, 2.45) is 0 Å². The monoisotopic (exact) mass is 520 g/mol. The van der Waals surface area contributed by atoms with Crippen molar-refractivity contribution in [2.75, 3.05) is 11.9 Å². The lowest BCUT2D eigenvalue weighted by atomic mass is 10.1. The molecular formula is C21H18Br2N2O2S. The number of nitrogens with one attached hydrogen (secondary N) is 2. The van der Waals surface area contributed by atoms with Gasteiger partial charge in [-0.1, -0.05) is 34.1 Å². The highest BCUT2D eigenvalue weighted by molar-refractivity contribution is 9.11. The summed E-state index contributed by atoms with van der Waals surface area (Å²) >= 11 is 12.2. The van der Waals surface area contributed by atoms with Crippen LogP contribution in [0.25, 0.3) is 10.8 Å². The third kappa shape index (κ3) is 5.10. The summed E-state index contributed by atoms with van der Waals surface area (Å²) in [4.78, 5) is 12.2. The van der Waals surface area contributed by atoms with Gasteiger partial charge in [0.15, 0.2) is 11.7 Å². The fourth-order valence-corrected chi connectivity index (χ4v) is 3.86. The van der Waals surface area contributed by atoms with Crippen LogP contribution in [0.5, 0.6) is 5.75 Å². The number of amides is 1. The molecule has 0 aliphatic carbocycles. The largest absolute Gasteiger partial charge is 0.483 e. The van der Waals surface area contributed by atoms with Crippen molar-refractivity contribution >= 4 is 71.6 Å². The summed E-state index contributed by atoms with van der Waals surface area (Å²) in [6.07, 6.45) is 0. The van der Waals surface area contributed by atoms with Crippen molar-refractivity contribution in [1.29, 1.82) is 0 Å². The SMILES string of the molecule is Cc1ccc(NC(=S)NC(=O)COc2ccc3cc(Br)ccc3c2Br)cc1C. The van der Waals surface area contributed by atoms with Gasteiger partial charge in [-0.15, -0.1) is 0 Å². The predicted octanol–water partition coefficient (Wildman–Crippen LogP) is 5.87. The molecule has 0 aliphatic rings. The summed E-state index contributed by atoms with van der Waals surface area (Å²) in [5, 5.41) is 7.95. The van der Waals surface area contributed by atoms with Crippen LogP contribution in [-0.2, 0) is 4.79 Å². The molecule has 0 radical (unpaired) electrons. The van der Waals surface area contributed by atoms with Crippen molar-refractivity contribution in [3.8, 4) is 5.75 Å². The molecule has 0 aliphatic heterocycles. The number of carbonyl (C=O) groups excluding carboxylic acids is 1. The smallest absolute Gasteiger partial charge is 0.264 e. The first kappa shape index (κ1) is 20.8. The number of rotatable bonds is 4. The van der Waals surface area contributed by atoms with E-state index in [9.17, 15) is 4.79 Å². The molecule has 0 bridgehead atoms. The van der Waals surface area contributed by atoms with Crippen LogP contribution in [0.2, 0.25) is 0 Å². The molecule has 4 nitrogen and oxygen atoms in total. The Morgan fingerprint density at radius 2 is 1.82 bits per heavy atom. The molecular weight excluding hydrogens is 504 g/mol. The van der Waals surface area contributed by atoms with Crippen molar-refractivity contribution in [1.82, 2.24) is 5.32 Å². The van der Waals surface area contributed by atoms with Crippen LogP contribution in [0.1, 0.15) is 11.1 Å². The van der Waals surface area contributed by atoms with Gasteiger partial charge in [-0.3, -0.25) is 10.1 Å². The van der Waals surface area contributed by atoms with E-state index in [1.165, 1.54) is 5.56 Å². The fourth-order valence-electron chi connectivity index (χ4n) is 2.64. The Morgan fingerprint density at radius 3 is 2.57 bits per heavy atom. The zero-order valence-corrected chi connectivity index (χ0v) is 19.3. The number of hydrogen-bond acceptors (Lipinski definition) is 3. The second kappa shape index (κ2) is 9.03. The average Bonchev–Trinajstić information content (AvgIpc) is 2.64. The molecule has 144 valence electrons. The molecule has 0 fully saturated rings. The van der Waals surface area contributed by atoms with Crippen LogP contribution in [0.4, 0.5) is 5.69 Å². The number of carbonyl (C=O) groups is 1. The lowest BCUT2D eigenvalue weighted by molar-refractivity contribution is -0.121. The fraction of sp³-hybridized carbons (Fsp3) is 0.143. The van der Waals surface area contributed by atoms with Gasteiger partial charge in [-0.25, -0.2) is 0 Å². The van der Waals surface area contributed by atoms with Gasteiger partial charge >= 0.3 is 0 Å². The van der Waals surface area contributed by atoms with Crippen LogP contribution in [0.3, 0.4) is 0 Å². The number of ether oxygens (including phenoxy) is 1. The molecule has 3 aromatic carbocycles. The molecule has 0 aromatic heterocycles. The summed E-state index contributed by atoms with van der Waals surface area (Å²) in [6, 6.07) is 15.6. The van der Waals surface area contributed by atoms with Crippen molar-refractivity contribution in [2.45, 2.75) is 13.8 Å². The van der Waals surface area contributed by atoms with Gasteiger partial charge in [0.2, 0.25) is 0 Å². The molecule has 0 saturated heterocycles. The van der Waals surface area contributed by atoms with Gasteiger partial charge in [0.25, 0.3) is 5.91 Å². The van der Waals surface area contributed by atoms with E-state index in [2.05, 4.69) is 42.5 Å². The number of aryl methyl sites for hydroxylation is 2. The van der Waals surface area contributed by atoms with Crippen LogP contribution in [0.15, 0.2) is 57.5 Å². The van der Waals surface area contributed by atoms with E-state index in [-0.39, 0.29) is 17.6 Å². The zero-order valence-electron chi connectivity index (χ0n) is 15.3. The Hall–Kier alpha value is -1.96. The lowest BCUT2D eigenvalue weighted by Crippen LogP contribution is -2.37. The van der Waals surface area contributed by atoms with Gasteiger partial charge in [-0.05, 0) is 94.2 Å². The van der Waals surface area contributed by atoms with E-state index < -0.39 is 0 Å². The summed E-state index contributed by atoms with van der Waals surface area (Å²) in [6.45, 7) is 3.92. The van der Waals surface area contributed by atoms with E-state index in [1.807, 2.05) is 62.4 Å². The normalized spacial score (nSPS) is 10.6. The Bertz CT molecular complexity index is 1070. The van der Waals surface area contributed by atoms with Crippen LogP contribution in [-0.4, -0.2) is 17.6 Å². The van der Waals surface area contributed by atoms with E-state index in [1.54, 1.807) is 0 Å². The average molecular weight is 522 g/mol. The molecule has 3 aromatic rings.